The van der Waals surface area contributed by atoms with Crippen molar-refractivity contribution in [2.75, 3.05) is 5.32 Å². The Morgan fingerprint density at radius 1 is 1.56 bits per heavy atom. The highest BCUT2D eigenvalue weighted by Gasteiger charge is 2.34. The molecule has 0 aromatic carbocycles. The minimum absolute atomic E-state index is 0.234. The molecule has 0 spiro atoms. The van der Waals surface area contributed by atoms with Gasteiger partial charge in [-0.05, 0) is 43.1 Å². The van der Waals surface area contributed by atoms with Crippen molar-refractivity contribution in [3.8, 4) is 6.07 Å². The molecule has 2 aromatic rings. The van der Waals surface area contributed by atoms with E-state index in [0.29, 0.717) is 22.2 Å². The Labute approximate surface area is 152 Å². The summed E-state index contributed by atoms with van der Waals surface area (Å²) in [6.07, 6.45) is 4.12. The average molecular weight is 357 g/mol. The van der Waals surface area contributed by atoms with E-state index in [1.54, 1.807) is 13.0 Å². The molecule has 3 rings (SSSR count). The first-order chi connectivity index (χ1) is 11.9. The van der Waals surface area contributed by atoms with Crippen molar-refractivity contribution in [2.24, 2.45) is 11.3 Å². The van der Waals surface area contributed by atoms with Crippen LogP contribution in [0, 0.1) is 29.6 Å². The lowest BCUT2D eigenvalue weighted by molar-refractivity contribution is 0.101. The predicted molar refractivity (Wildman–Crippen MR) is 97.8 cm³/mol. The van der Waals surface area contributed by atoms with Crippen molar-refractivity contribution in [3.63, 3.8) is 0 Å². The number of amides is 1. The maximum atomic E-state index is 12.3. The molecule has 1 aliphatic carbocycles. The van der Waals surface area contributed by atoms with Crippen molar-refractivity contribution < 1.29 is 9.32 Å². The Balaban J connectivity index is 1.86. The van der Waals surface area contributed by atoms with Gasteiger partial charge in [-0.1, -0.05) is 32.3 Å². The highest BCUT2D eigenvalue weighted by Crippen LogP contribution is 2.45. The summed E-state index contributed by atoms with van der Waals surface area (Å²) in [6, 6.07) is 3.88. The number of nitrogens with one attached hydrogen (secondary N) is 1. The van der Waals surface area contributed by atoms with Crippen molar-refractivity contribution in [1.82, 2.24) is 5.16 Å². The lowest BCUT2D eigenvalue weighted by atomic mass is 9.69. The molecular formula is C19H23N3O2S. The van der Waals surface area contributed by atoms with Crippen LogP contribution in [-0.2, 0) is 12.8 Å². The zero-order valence-electron chi connectivity index (χ0n) is 15.1. The highest BCUT2D eigenvalue weighted by atomic mass is 32.1. The summed E-state index contributed by atoms with van der Waals surface area (Å²) < 4.78 is 4.95. The molecule has 0 fully saturated rings. The molecule has 6 heteroatoms. The second kappa shape index (κ2) is 6.64. The zero-order valence-corrected chi connectivity index (χ0v) is 15.9. The van der Waals surface area contributed by atoms with Gasteiger partial charge < -0.3 is 9.84 Å². The summed E-state index contributed by atoms with van der Waals surface area (Å²) in [6.45, 7) is 8.61. The maximum absolute atomic E-state index is 12.3. The number of fused-ring (bicyclic) bond motifs is 1. The number of carbonyl (C=O) groups excluding carboxylic acids is 1. The van der Waals surface area contributed by atoms with E-state index >= 15 is 0 Å². The van der Waals surface area contributed by atoms with E-state index in [1.807, 2.05) is 0 Å². The van der Waals surface area contributed by atoms with E-state index in [2.05, 4.69) is 37.3 Å². The van der Waals surface area contributed by atoms with Crippen LogP contribution in [0.1, 0.15) is 65.9 Å². The number of nitrogens with zero attached hydrogens (tertiary/aromatic N) is 2. The second-order valence-electron chi connectivity index (χ2n) is 7.38. The number of aromatic nitrogens is 1. The third-order valence-corrected chi connectivity index (χ3v) is 6.65. The molecular weight excluding hydrogens is 334 g/mol. The van der Waals surface area contributed by atoms with Gasteiger partial charge in [0.2, 0.25) is 0 Å². The van der Waals surface area contributed by atoms with Crippen LogP contribution >= 0.6 is 11.3 Å². The molecule has 0 unspecified atom stereocenters. The van der Waals surface area contributed by atoms with Crippen LogP contribution in [0.5, 0.6) is 0 Å². The monoisotopic (exact) mass is 357 g/mol. The third kappa shape index (κ3) is 3.34. The smallest absolute Gasteiger partial charge is 0.278 e. The first kappa shape index (κ1) is 17.7. The number of thiophene rings is 1. The molecule has 5 nitrogen and oxygen atoms in total. The van der Waals surface area contributed by atoms with Gasteiger partial charge in [-0.15, -0.1) is 11.3 Å². The zero-order chi connectivity index (χ0) is 18.2. The first-order valence-electron chi connectivity index (χ1n) is 8.65. The number of hydrogen-bond acceptors (Lipinski definition) is 5. The molecule has 0 saturated carbocycles. The fourth-order valence-electron chi connectivity index (χ4n) is 3.39. The average Bonchev–Trinajstić information content (AvgIpc) is 3.17. The largest absolute Gasteiger partial charge is 0.361 e. The van der Waals surface area contributed by atoms with Crippen LogP contribution in [0.2, 0.25) is 0 Å². The molecule has 132 valence electrons. The molecule has 0 aliphatic heterocycles. The Kier molecular flexibility index (Phi) is 4.70. The van der Waals surface area contributed by atoms with Gasteiger partial charge in [-0.3, -0.25) is 4.79 Å². The molecule has 0 bridgehead atoms. The van der Waals surface area contributed by atoms with Crippen molar-refractivity contribution in [1.29, 1.82) is 5.26 Å². The van der Waals surface area contributed by atoms with Crippen LogP contribution in [0.3, 0.4) is 0 Å². The van der Waals surface area contributed by atoms with Gasteiger partial charge in [-0.2, -0.15) is 5.26 Å². The molecule has 0 saturated heterocycles. The van der Waals surface area contributed by atoms with Crippen LogP contribution in [-0.4, -0.2) is 11.1 Å². The van der Waals surface area contributed by atoms with Crippen molar-refractivity contribution in [3.05, 3.63) is 33.5 Å². The molecule has 25 heavy (non-hydrogen) atoms. The fraction of sp³-hybridized carbons (Fsp3) is 0.526. The summed E-state index contributed by atoms with van der Waals surface area (Å²) in [7, 11) is 0. The Morgan fingerprint density at radius 2 is 2.32 bits per heavy atom. The number of aryl methyl sites for hydroxylation is 1. The Hall–Kier alpha value is -2.13. The summed E-state index contributed by atoms with van der Waals surface area (Å²) in [5.41, 5.74) is 2.25. The third-order valence-electron chi connectivity index (χ3n) is 5.48. The van der Waals surface area contributed by atoms with Crippen LogP contribution in [0.4, 0.5) is 5.00 Å². The molecule has 0 radical (unpaired) electrons. The van der Waals surface area contributed by atoms with E-state index < -0.39 is 0 Å². The van der Waals surface area contributed by atoms with Crippen LogP contribution < -0.4 is 5.32 Å². The molecule has 2 heterocycles. The van der Waals surface area contributed by atoms with E-state index in [4.69, 9.17) is 4.52 Å². The van der Waals surface area contributed by atoms with E-state index in [9.17, 15) is 10.1 Å². The van der Waals surface area contributed by atoms with Gasteiger partial charge in [0.25, 0.3) is 5.91 Å². The molecule has 2 aromatic heterocycles. The van der Waals surface area contributed by atoms with Gasteiger partial charge in [0, 0.05) is 10.9 Å². The minimum atomic E-state index is -0.336. The lowest BCUT2D eigenvalue weighted by Gasteiger charge is -2.36. The summed E-state index contributed by atoms with van der Waals surface area (Å²) >= 11 is 1.53. The van der Waals surface area contributed by atoms with Gasteiger partial charge in [0.1, 0.15) is 16.8 Å². The topological polar surface area (TPSA) is 78.9 Å². The number of carbonyl (C=O) groups is 1. The normalized spacial score (nSPS) is 17.0. The summed E-state index contributed by atoms with van der Waals surface area (Å²) in [5, 5.41) is 16.8. The van der Waals surface area contributed by atoms with Gasteiger partial charge in [0.15, 0.2) is 5.69 Å². The molecule has 1 atom stereocenters. The number of rotatable bonds is 4. The number of nitriles is 1. The Morgan fingerprint density at radius 3 is 2.92 bits per heavy atom. The number of hydrogen-bond donors (Lipinski definition) is 1. The minimum Gasteiger partial charge on any atom is -0.361 e. The summed E-state index contributed by atoms with van der Waals surface area (Å²) in [5.74, 6) is 0.857. The summed E-state index contributed by atoms with van der Waals surface area (Å²) in [4.78, 5) is 13.6. The van der Waals surface area contributed by atoms with Crippen LogP contribution in [0.25, 0.3) is 0 Å². The first-order valence-corrected chi connectivity index (χ1v) is 9.46. The highest BCUT2D eigenvalue weighted by molar-refractivity contribution is 7.16. The lowest BCUT2D eigenvalue weighted by Crippen LogP contribution is -2.28. The van der Waals surface area contributed by atoms with E-state index in [0.717, 1.165) is 31.2 Å². The molecule has 1 amide bonds. The van der Waals surface area contributed by atoms with Crippen LogP contribution in [0.15, 0.2) is 10.6 Å². The molecule has 1 N–H and O–H groups in total. The van der Waals surface area contributed by atoms with Gasteiger partial charge in [-0.25, -0.2) is 0 Å². The van der Waals surface area contributed by atoms with E-state index in [1.165, 1.54) is 16.2 Å². The van der Waals surface area contributed by atoms with Gasteiger partial charge in [0.05, 0.1) is 5.56 Å². The Bertz CT molecular complexity index is 841. The maximum Gasteiger partial charge on any atom is 0.278 e. The predicted octanol–water partition coefficient (Wildman–Crippen LogP) is 4.71. The fourth-order valence-corrected chi connectivity index (χ4v) is 4.66. The molecule has 1 aliphatic rings. The van der Waals surface area contributed by atoms with Gasteiger partial charge >= 0.3 is 0 Å². The second-order valence-corrected chi connectivity index (χ2v) is 8.48. The van der Waals surface area contributed by atoms with Crippen molar-refractivity contribution in [2.45, 2.75) is 53.4 Å². The number of anilines is 1. The SMILES string of the molecule is CCC(C)(C)[C@@H]1CCc2c(sc(NC(=O)c3cc(C)on3)c2C#N)C1. The standard InChI is InChI=1S/C19H23N3O2S/c1-5-19(3,4)12-6-7-13-14(10-20)18(25-16(13)9-12)21-17(23)15-8-11(2)24-22-15/h8,12H,5-7,9H2,1-4H3,(H,21,23)/t12-/m1/s1. The van der Waals surface area contributed by atoms with Crippen molar-refractivity contribution >= 4 is 22.2 Å². The quantitative estimate of drug-likeness (QED) is 0.859. The van der Waals surface area contributed by atoms with E-state index in [-0.39, 0.29) is 17.0 Å².